The van der Waals surface area contributed by atoms with Gasteiger partial charge in [-0.15, -0.1) is 0 Å². The molecule has 0 aliphatic carbocycles. The van der Waals surface area contributed by atoms with Gasteiger partial charge in [-0.1, -0.05) is 19.1 Å². The fourth-order valence-electron chi connectivity index (χ4n) is 1.29. The molecule has 1 N–H and O–H groups in total. The van der Waals surface area contributed by atoms with Crippen LogP contribution < -0.4 is 5.32 Å². The summed E-state index contributed by atoms with van der Waals surface area (Å²) in [6.45, 7) is 4.72. The zero-order valence-electron chi connectivity index (χ0n) is 7.21. The largest absolute Gasteiger partial charge is 0.460 e. The molecule has 0 unspecified atom stereocenters. The number of esters is 1. The van der Waals surface area contributed by atoms with Crippen molar-refractivity contribution in [3.05, 3.63) is 12.7 Å². The summed E-state index contributed by atoms with van der Waals surface area (Å²) in [4.78, 5) is 11.2. The number of carbonyl (C=O) groups is 1. The van der Waals surface area contributed by atoms with Crippen LogP contribution in [0.15, 0.2) is 12.7 Å². The molecule has 0 spiro atoms. The van der Waals surface area contributed by atoms with Gasteiger partial charge >= 0.3 is 5.97 Å². The van der Waals surface area contributed by atoms with E-state index in [0.717, 1.165) is 25.8 Å². The molecule has 1 heterocycles. The third-order valence-electron chi connectivity index (χ3n) is 1.94. The Morgan fingerprint density at radius 3 is 3.08 bits per heavy atom. The number of hydrogen-bond acceptors (Lipinski definition) is 3. The highest BCUT2D eigenvalue weighted by molar-refractivity contribution is 5.75. The molecule has 0 bridgehead atoms. The van der Waals surface area contributed by atoms with Crippen LogP contribution in [0, 0.1) is 0 Å². The van der Waals surface area contributed by atoms with E-state index in [4.69, 9.17) is 4.74 Å². The van der Waals surface area contributed by atoms with Crippen LogP contribution in [0.3, 0.4) is 0 Å². The maximum atomic E-state index is 11.2. The highest BCUT2D eigenvalue weighted by Crippen LogP contribution is 2.07. The van der Waals surface area contributed by atoms with E-state index in [-0.39, 0.29) is 12.0 Å². The van der Waals surface area contributed by atoms with Gasteiger partial charge in [-0.3, -0.25) is 4.79 Å². The van der Waals surface area contributed by atoms with Crippen molar-refractivity contribution >= 4 is 5.97 Å². The molecule has 1 fully saturated rings. The van der Waals surface area contributed by atoms with Gasteiger partial charge in [0, 0.05) is 0 Å². The molecule has 0 aromatic heterocycles. The van der Waals surface area contributed by atoms with Crippen molar-refractivity contribution in [3.63, 3.8) is 0 Å². The Morgan fingerprint density at radius 2 is 2.50 bits per heavy atom. The number of piperidine rings is 1. The molecule has 3 heteroatoms. The van der Waals surface area contributed by atoms with Gasteiger partial charge < -0.3 is 10.1 Å². The first-order valence-electron chi connectivity index (χ1n) is 4.35. The molecule has 68 valence electrons. The molecule has 1 rings (SSSR count). The second-order valence-corrected chi connectivity index (χ2v) is 2.92. The zero-order valence-corrected chi connectivity index (χ0v) is 7.21. The van der Waals surface area contributed by atoms with Crippen LogP contribution >= 0.6 is 0 Å². The van der Waals surface area contributed by atoms with E-state index in [9.17, 15) is 4.79 Å². The first kappa shape index (κ1) is 9.26. The van der Waals surface area contributed by atoms with Gasteiger partial charge in [0.25, 0.3) is 0 Å². The van der Waals surface area contributed by atoms with Gasteiger partial charge in [0.2, 0.25) is 0 Å². The maximum absolute atomic E-state index is 11.2. The van der Waals surface area contributed by atoms with Crippen molar-refractivity contribution in [1.82, 2.24) is 5.32 Å². The van der Waals surface area contributed by atoms with Crippen LogP contribution in [0.4, 0.5) is 0 Å². The number of nitrogens with one attached hydrogen (secondary N) is 1. The number of carbonyl (C=O) groups excluding carboxylic acids is 1. The second-order valence-electron chi connectivity index (χ2n) is 2.92. The average Bonchev–Trinajstić information content (AvgIpc) is 2.15. The van der Waals surface area contributed by atoms with Crippen molar-refractivity contribution in [2.24, 2.45) is 0 Å². The lowest BCUT2D eigenvalue weighted by Gasteiger charge is -2.21. The van der Waals surface area contributed by atoms with Gasteiger partial charge in [0.05, 0.1) is 0 Å². The van der Waals surface area contributed by atoms with E-state index >= 15 is 0 Å². The zero-order chi connectivity index (χ0) is 8.81. The molecule has 1 saturated heterocycles. The summed E-state index contributed by atoms with van der Waals surface area (Å²) in [6, 6.07) is -0.0845. The van der Waals surface area contributed by atoms with Crippen LogP contribution in [-0.2, 0) is 9.53 Å². The smallest absolute Gasteiger partial charge is 0.323 e. The summed E-state index contributed by atoms with van der Waals surface area (Å²) in [5.41, 5.74) is 0. The molecular weight excluding hydrogens is 154 g/mol. The Kier molecular flexibility index (Phi) is 3.80. The van der Waals surface area contributed by atoms with E-state index < -0.39 is 0 Å². The van der Waals surface area contributed by atoms with Crippen molar-refractivity contribution in [2.45, 2.75) is 25.3 Å². The predicted octanol–water partition coefficient (Wildman–Crippen LogP) is 0.858. The molecule has 0 radical (unpaired) electrons. The summed E-state index contributed by atoms with van der Waals surface area (Å²) >= 11 is 0. The summed E-state index contributed by atoms with van der Waals surface area (Å²) < 4.78 is 4.91. The quantitative estimate of drug-likeness (QED) is 0.503. The lowest BCUT2D eigenvalue weighted by molar-refractivity contribution is -0.145. The van der Waals surface area contributed by atoms with E-state index in [1.165, 1.54) is 0 Å². The molecule has 1 aliphatic heterocycles. The number of ether oxygens (including phenoxy) is 1. The summed E-state index contributed by atoms with van der Waals surface area (Å²) in [5.74, 6) is -0.144. The summed E-state index contributed by atoms with van der Waals surface area (Å²) in [5, 5.41) is 3.12. The Labute approximate surface area is 72.8 Å². The minimum Gasteiger partial charge on any atom is -0.460 e. The van der Waals surface area contributed by atoms with Gasteiger partial charge in [0.15, 0.2) is 0 Å². The average molecular weight is 169 g/mol. The van der Waals surface area contributed by atoms with Crippen LogP contribution in [0.25, 0.3) is 0 Å². The van der Waals surface area contributed by atoms with Crippen LogP contribution in [0.2, 0.25) is 0 Å². The molecule has 12 heavy (non-hydrogen) atoms. The van der Waals surface area contributed by atoms with Crippen LogP contribution in [-0.4, -0.2) is 25.2 Å². The molecular formula is C9H15NO2. The fourth-order valence-corrected chi connectivity index (χ4v) is 1.29. The lowest BCUT2D eigenvalue weighted by atomic mass is 10.1. The molecule has 1 atom stereocenters. The predicted molar refractivity (Wildman–Crippen MR) is 46.8 cm³/mol. The highest BCUT2D eigenvalue weighted by Gasteiger charge is 2.20. The lowest BCUT2D eigenvalue weighted by Crippen LogP contribution is -2.41. The second kappa shape index (κ2) is 4.93. The van der Waals surface area contributed by atoms with E-state index in [1.54, 1.807) is 6.08 Å². The molecule has 0 aromatic rings. The van der Waals surface area contributed by atoms with Crippen molar-refractivity contribution in [2.75, 3.05) is 13.2 Å². The van der Waals surface area contributed by atoms with Gasteiger partial charge in [-0.05, 0) is 19.4 Å². The standard InChI is InChI=1S/C9H15NO2/c1-2-7-12-9(11)8-5-3-4-6-10-8/h2,8,10H,1,3-7H2/t8-/m0/s1. The Bertz CT molecular complexity index is 162. The molecule has 0 amide bonds. The topological polar surface area (TPSA) is 38.3 Å². The first-order valence-corrected chi connectivity index (χ1v) is 4.35. The SMILES string of the molecule is C=CCOC(=O)[C@@H]1CCCCN1. The van der Waals surface area contributed by atoms with Gasteiger partial charge in [-0.25, -0.2) is 0 Å². The monoisotopic (exact) mass is 169 g/mol. The van der Waals surface area contributed by atoms with Crippen molar-refractivity contribution < 1.29 is 9.53 Å². The third kappa shape index (κ3) is 2.66. The van der Waals surface area contributed by atoms with Gasteiger partial charge in [-0.2, -0.15) is 0 Å². The minimum absolute atomic E-state index is 0.0845. The summed E-state index contributed by atoms with van der Waals surface area (Å²) in [7, 11) is 0. The molecule has 1 aliphatic rings. The highest BCUT2D eigenvalue weighted by atomic mass is 16.5. The van der Waals surface area contributed by atoms with Gasteiger partial charge in [0.1, 0.15) is 12.6 Å². The number of rotatable bonds is 3. The third-order valence-corrected chi connectivity index (χ3v) is 1.94. The number of hydrogen-bond donors (Lipinski definition) is 1. The van der Waals surface area contributed by atoms with Crippen molar-refractivity contribution in [3.8, 4) is 0 Å². The van der Waals surface area contributed by atoms with Crippen LogP contribution in [0.1, 0.15) is 19.3 Å². The minimum atomic E-state index is -0.144. The Morgan fingerprint density at radius 1 is 1.67 bits per heavy atom. The van der Waals surface area contributed by atoms with Crippen LogP contribution in [0.5, 0.6) is 0 Å². The van der Waals surface area contributed by atoms with E-state index in [1.807, 2.05) is 0 Å². The molecule has 0 saturated carbocycles. The van der Waals surface area contributed by atoms with E-state index in [0.29, 0.717) is 6.61 Å². The maximum Gasteiger partial charge on any atom is 0.323 e. The van der Waals surface area contributed by atoms with Crippen molar-refractivity contribution in [1.29, 1.82) is 0 Å². The Hall–Kier alpha value is -0.830. The first-order chi connectivity index (χ1) is 5.84. The van der Waals surface area contributed by atoms with E-state index in [2.05, 4.69) is 11.9 Å². The summed E-state index contributed by atoms with van der Waals surface area (Å²) in [6.07, 6.45) is 4.75. The fraction of sp³-hybridized carbons (Fsp3) is 0.667. The normalized spacial score (nSPS) is 23.2. The molecule has 0 aromatic carbocycles. The molecule has 3 nitrogen and oxygen atoms in total. The Balaban J connectivity index is 2.24.